The van der Waals surface area contributed by atoms with Crippen LogP contribution in [0.4, 0.5) is 0 Å². The number of rotatable bonds is 2. The first kappa shape index (κ1) is 8.05. The molecule has 0 aromatic heterocycles. The van der Waals surface area contributed by atoms with Gasteiger partial charge in [0, 0.05) is 0 Å². The van der Waals surface area contributed by atoms with E-state index in [2.05, 4.69) is 13.2 Å². The zero-order valence-corrected chi connectivity index (χ0v) is 6.72. The first-order chi connectivity index (χ1) is 5.16. The van der Waals surface area contributed by atoms with Gasteiger partial charge in [-0.3, -0.25) is 4.79 Å². The summed E-state index contributed by atoms with van der Waals surface area (Å²) in [6, 6.07) is 0. The van der Waals surface area contributed by atoms with E-state index in [9.17, 15) is 4.79 Å². The molecular weight excluding hydrogens is 140 g/mol. The summed E-state index contributed by atoms with van der Waals surface area (Å²) in [7, 11) is 0. The van der Waals surface area contributed by atoms with Crippen molar-refractivity contribution in [2.24, 2.45) is 5.92 Å². The van der Waals surface area contributed by atoms with E-state index in [0.717, 1.165) is 17.6 Å². The van der Waals surface area contributed by atoms with Crippen molar-refractivity contribution < 1.29 is 9.53 Å². The van der Waals surface area contributed by atoms with Crippen LogP contribution in [0.1, 0.15) is 13.3 Å². The molecule has 0 radical (unpaired) electrons. The summed E-state index contributed by atoms with van der Waals surface area (Å²) >= 11 is 0. The first-order valence-electron chi connectivity index (χ1n) is 3.70. The zero-order valence-electron chi connectivity index (χ0n) is 6.72. The van der Waals surface area contributed by atoms with Gasteiger partial charge in [0.05, 0.1) is 12.5 Å². The van der Waals surface area contributed by atoms with E-state index in [1.54, 1.807) is 6.92 Å². The Bertz CT molecular complexity index is 216. The normalized spacial score (nSPS) is 22.8. The zero-order chi connectivity index (χ0) is 8.43. The standard InChI is InChI=1S/C9H12O2/c1-4-11-9(10)8-5-6(2)7(8)3/h8H,2-5H2,1H3/t8-/m1/s1. The molecule has 0 bridgehead atoms. The third kappa shape index (κ3) is 1.34. The maximum absolute atomic E-state index is 11.1. The molecule has 1 aliphatic carbocycles. The van der Waals surface area contributed by atoms with Gasteiger partial charge in [-0.25, -0.2) is 0 Å². The topological polar surface area (TPSA) is 26.3 Å². The minimum atomic E-state index is -0.162. The number of hydrogen-bond donors (Lipinski definition) is 0. The van der Waals surface area contributed by atoms with Crippen LogP contribution in [-0.4, -0.2) is 12.6 Å². The van der Waals surface area contributed by atoms with Crippen LogP contribution < -0.4 is 0 Å². The fourth-order valence-corrected chi connectivity index (χ4v) is 1.08. The summed E-state index contributed by atoms with van der Waals surface area (Å²) < 4.78 is 4.82. The van der Waals surface area contributed by atoms with Crippen molar-refractivity contribution in [1.29, 1.82) is 0 Å². The molecule has 2 heteroatoms. The fraction of sp³-hybridized carbons (Fsp3) is 0.444. The smallest absolute Gasteiger partial charge is 0.313 e. The van der Waals surface area contributed by atoms with Crippen LogP contribution in [0.5, 0.6) is 0 Å². The molecule has 1 aliphatic rings. The van der Waals surface area contributed by atoms with Crippen LogP contribution in [0.3, 0.4) is 0 Å². The molecule has 1 fully saturated rings. The Morgan fingerprint density at radius 2 is 2.36 bits per heavy atom. The Morgan fingerprint density at radius 1 is 1.73 bits per heavy atom. The predicted octanol–water partition coefficient (Wildman–Crippen LogP) is 1.68. The lowest BCUT2D eigenvalue weighted by molar-refractivity contribution is -0.147. The van der Waals surface area contributed by atoms with E-state index in [4.69, 9.17) is 4.74 Å². The van der Waals surface area contributed by atoms with Crippen LogP contribution in [0.25, 0.3) is 0 Å². The van der Waals surface area contributed by atoms with Crippen molar-refractivity contribution in [3.63, 3.8) is 0 Å². The van der Waals surface area contributed by atoms with Gasteiger partial charge in [0.1, 0.15) is 0 Å². The molecule has 1 saturated carbocycles. The molecule has 0 unspecified atom stereocenters. The molecule has 0 spiro atoms. The summed E-state index contributed by atoms with van der Waals surface area (Å²) in [5.41, 5.74) is 1.81. The molecule has 0 aromatic carbocycles. The third-order valence-corrected chi connectivity index (χ3v) is 1.90. The maximum atomic E-state index is 11.1. The van der Waals surface area contributed by atoms with E-state index in [0.29, 0.717) is 6.61 Å². The fourth-order valence-electron chi connectivity index (χ4n) is 1.08. The van der Waals surface area contributed by atoms with Gasteiger partial charge in [-0.05, 0) is 18.9 Å². The van der Waals surface area contributed by atoms with Gasteiger partial charge in [-0.2, -0.15) is 0 Å². The molecule has 60 valence electrons. The lowest BCUT2D eigenvalue weighted by atomic mass is 9.76. The Kier molecular flexibility index (Phi) is 2.13. The van der Waals surface area contributed by atoms with Crippen LogP contribution in [0.2, 0.25) is 0 Å². The highest BCUT2D eigenvalue weighted by Crippen LogP contribution is 2.37. The van der Waals surface area contributed by atoms with Gasteiger partial charge in [-0.15, -0.1) is 0 Å². The minimum Gasteiger partial charge on any atom is -0.466 e. The van der Waals surface area contributed by atoms with Crippen molar-refractivity contribution in [1.82, 2.24) is 0 Å². The molecule has 0 aliphatic heterocycles. The number of hydrogen-bond acceptors (Lipinski definition) is 2. The number of carbonyl (C=O) groups excluding carboxylic acids is 1. The second-order valence-electron chi connectivity index (χ2n) is 2.64. The molecule has 0 heterocycles. The Morgan fingerprint density at radius 3 is 2.73 bits per heavy atom. The van der Waals surface area contributed by atoms with Crippen molar-refractivity contribution in [3.05, 3.63) is 24.3 Å². The van der Waals surface area contributed by atoms with E-state index in [1.165, 1.54) is 0 Å². The highest BCUT2D eigenvalue weighted by atomic mass is 16.5. The Balaban J connectivity index is 2.46. The quantitative estimate of drug-likeness (QED) is 0.563. The van der Waals surface area contributed by atoms with Gasteiger partial charge in [0.2, 0.25) is 0 Å². The van der Waals surface area contributed by atoms with Crippen LogP contribution in [0.15, 0.2) is 24.3 Å². The summed E-state index contributed by atoms with van der Waals surface area (Å²) in [6.45, 7) is 9.69. The van der Waals surface area contributed by atoms with E-state index < -0.39 is 0 Å². The van der Waals surface area contributed by atoms with E-state index in [1.807, 2.05) is 0 Å². The van der Waals surface area contributed by atoms with Gasteiger partial charge < -0.3 is 4.74 Å². The largest absolute Gasteiger partial charge is 0.466 e. The Hall–Kier alpha value is -1.05. The molecule has 1 atom stereocenters. The molecule has 0 saturated heterocycles. The number of allylic oxidation sites excluding steroid dienone is 1. The average molecular weight is 152 g/mol. The van der Waals surface area contributed by atoms with E-state index >= 15 is 0 Å². The van der Waals surface area contributed by atoms with Crippen molar-refractivity contribution in [2.75, 3.05) is 6.61 Å². The lowest BCUT2D eigenvalue weighted by Crippen LogP contribution is -2.28. The average Bonchev–Trinajstić information content (AvgIpc) is 1.99. The number of esters is 1. The SMILES string of the molecule is C=C1C[C@@H](C(=O)OCC)C1=C. The van der Waals surface area contributed by atoms with Gasteiger partial charge >= 0.3 is 5.97 Å². The lowest BCUT2D eigenvalue weighted by Gasteiger charge is -2.29. The molecule has 2 nitrogen and oxygen atoms in total. The van der Waals surface area contributed by atoms with Crippen molar-refractivity contribution in [3.8, 4) is 0 Å². The minimum absolute atomic E-state index is 0.109. The second kappa shape index (κ2) is 2.91. The highest BCUT2D eigenvalue weighted by Gasteiger charge is 2.33. The third-order valence-electron chi connectivity index (χ3n) is 1.90. The number of ether oxygens (including phenoxy) is 1. The molecule has 11 heavy (non-hydrogen) atoms. The van der Waals surface area contributed by atoms with E-state index in [-0.39, 0.29) is 11.9 Å². The van der Waals surface area contributed by atoms with Gasteiger partial charge in [0.15, 0.2) is 0 Å². The molecule has 1 rings (SSSR count). The van der Waals surface area contributed by atoms with Crippen LogP contribution >= 0.6 is 0 Å². The van der Waals surface area contributed by atoms with Gasteiger partial charge in [-0.1, -0.05) is 18.7 Å². The first-order valence-corrected chi connectivity index (χ1v) is 3.70. The molecule has 0 N–H and O–H groups in total. The monoisotopic (exact) mass is 152 g/mol. The number of carbonyl (C=O) groups is 1. The summed E-state index contributed by atoms with van der Waals surface area (Å²) in [4.78, 5) is 11.1. The summed E-state index contributed by atoms with van der Waals surface area (Å²) in [5, 5.41) is 0. The molecule has 0 aromatic rings. The second-order valence-corrected chi connectivity index (χ2v) is 2.64. The maximum Gasteiger partial charge on any atom is 0.313 e. The molecule has 0 amide bonds. The summed E-state index contributed by atoms with van der Waals surface area (Å²) in [6.07, 6.45) is 0.720. The van der Waals surface area contributed by atoms with Crippen LogP contribution in [-0.2, 0) is 9.53 Å². The van der Waals surface area contributed by atoms with Gasteiger partial charge in [0.25, 0.3) is 0 Å². The summed E-state index contributed by atoms with van der Waals surface area (Å²) in [5.74, 6) is -0.271. The predicted molar refractivity (Wildman–Crippen MR) is 43.0 cm³/mol. The van der Waals surface area contributed by atoms with Crippen molar-refractivity contribution >= 4 is 5.97 Å². The molecular formula is C9H12O2. The highest BCUT2D eigenvalue weighted by molar-refractivity contribution is 5.80. The van der Waals surface area contributed by atoms with Crippen LogP contribution in [0, 0.1) is 5.92 Å². The Labute approximate surface area is 66.5 Å². The van der Waals surface area contributed by atoms with Crippen molar-refractivity contribution in [2.45, 2.75) is 13.3 Å².